The predicted octanol–water partition coefficient (Wildman–Crippen LogP) is 6.59. The Labute approximate surface area is 235 Å². The van der Waals surface area contributed by atoms with Crippen molar-refractivity contribution in [3.8, 4) is 23.1 Å². The number of ether oxygens (including phenoxy) is 2. The highest BCUT2D eigenvalue weighted by Crippen LogP contribution is 2.37. The Morgan fingerprint density at radius 2 is 1.30 bits per heavy atom. The van der Waals surface area contributed by atoms with Gasteiger partial charge in [-0.05, 0) is 72.9 Å². The van der Waals surface area contributed by atoms with Crippen LogP contribution in [0.5, 0.6) is 23.1 Å². The molecule has 0 aliphatic carbocycles. The zero-order chi connectivity index (χ0) is 27.6. The molecule has 6 rings (SSSR count). The molecule has 4 aromatic carbocycles. The van der Waals surface area contributed by atoms with Crippen molar-refractivity contribution in [3.05, 3.63) is 120 Å². The number of carbonyl (C=O) groups excluding carboxylic acids is 2. The molecule has 1 N–H and O–H groups in total. The van der Waals surface area contributed by atoms with Crippen LogP contribution in [-0.4, -0.2) is 21.5 Å². The van der Waals surface area contributed by atoms with Gasteiger partial charge in [0.15, 0.2) is 5.11 Å². The van der Waals surface area contributed by atoms with Crippen molar-refractivity contribution in [2.24, 2.45) is 7.05 Å². The molecule has 40 heavy (non-hydrogen) atoms. The van der Waals surface area contributed by atoms with Crippen molar-refractivity contribution < 1.29 is 19.1 Å². The van der Waals surface area contributed by atoms with Gasteiger partial charge in [-0.2, -0.15) is 0 Å². The van der Waals surface area contributed by atoms with Crippen molar-refractivity contribution in [1.82, 2.24) is 9.88 Å². The lowest BCUT2D eigenvalue weighted by Crippen LogP contribution is -2.54. The molecule has 1 saturated heterocycles. The zero-order valence-corrected chi connectivity index (χ0v) is 22.2. The molecule has 0 bridgehead atoms. The average Bonchev–Trinajstić information content (AvgIpc) is 3.23. The number of fused-ring (bicyclic) bond motifs is 1. The van der Waals surface area contributed by atoms with Gasteiger partial charge in [0.25, 0.3) is 11.8 Å². The molecular weight excluding hydrogens is 522 g/mol. The van der Waals surface area contributed by atoms with E-state index in [0.717, 1.165) is 10.9 Å². The molecule has 0 radical (unpaired) electrons. The number of carbonyl (C=O) groups is 2. The van der Waals surface area contributed by atoms with Gasteiger partial charge in [-0.3, -0.25) is 19.8 Å². The zero-order valence-electron chi connectivity index (χ0n) is 21.4. The van der Waals surface area contributed by atoms with E-state index in [9.17, 15) is 9.59 Å². The van der Waals surface area contributed by atoms with Crippen LogP contribution in [0.15, 0.2) is 115 Å². The Balaban J connectivity index is 1.37. The molecule has 196 valence electrons. The van der Waals surface area contributed by atoms with E-state index in [4.69, 9.17) is 21.7 Å². The number of amides is 2. The van der Waals surface area contributed by atoms with Gasteiger partial charge < -0.3 is 14.0 Å². The normalized spacial score (nSPS) is 14.5. The quantitative estimate of drug-likeness (QED) is 0.148. The van der Waals surface area contributed by atoms with Crippen molar-refractivity contribution in [1.29, 1.82) is 0 Å². The maximum absolute atomic E-state index is 13.8. The van der Waals surface area contributed by atoms with E-state index < -0.39 is 11.8 Å². The third-order valence-corrected chi connectivity index (χ3v) is 6.80. The summed E-state index contributed by atoms with van der Waals surface area (Å²) in [6.07, 6.45) is 1.57. The Hall–Kier alpha value is -5.21. The summed E-state index contributed by atoms with van der Waals surface area (Å²) in [5, 5.41) is 3.50. The number of thiocarbonyl (C=S) groups is 1. The van der Waals surface area contributed by atoms with Gasteiger partial charge in [0, 0.05) is 18.0 Å². The second kappa shape index (κ2) is 10.5. The lowest BCUT2D eigenvalue weighted by molar-refractivity contribution is -0.122. The van der Waals surface area contributed by atoms with Gasteiger partial charge in [0.05, 0.1) is 11.2 Å². The van der Waals surface area contributed by atoms with Gasteiger partial charge in [0.1, 0.15) is 22.8 Å². The van der Waals surface area contributed by atoms with Crippen LogP contribution in [-0.2, 0) is 16.6 Å². The van der Waals surface area contributed by atoms with Crippen LogP contribution >= 0.6 is 12.2 Å². The minimum atomic E-state index is -0.575. The van der Waals surface area contributed by atoms with Crippen LogP contribution in [0.4, 0.5) is 5.69 Å². The highest BCUT2D eigenvalue weighted by molar-refractivity contribution is 7.80. The van der Waals surface area contributed by atoms with Gasteiger partial charge in [0.2, 0.25) is 5.88 Å². The summed E-state index contributed by atoms with van der Waals surface area (Å²) in [5.41, 5.74) is 1.94. The van der Waals surface area contributed by atoms with E-state index in [0.29, 0.717) is 34.4 Å². The van der Waals surface area contributed by atoms with Crippen molar-refractivity contribution in [3.63, 3.8) is 0 Å². The van der Waals surface area contributed by atoms with Crippen molar-refractivity contribution in [2.75, 3.05) is 4.90 Å². The molecule has 2 heterocycles. The third kappa shape index (κ3) is 4.72. The third-order valence-electron chi connectivity index (χ3n) is 6.51. The van der Waals surface area contributed by atoms with Gasteiger partial charge in [-0.15, -0.1) is 0 Å². The van der Waals surface area contributed by atoms with E-state index in [1.54, 1.807) is 30.3 Å². The summed E-state index contributed by atoms with van der Waals surface area (Å²) in [6, 6.07) is 33.4. The molecule has 8 heteroatoms. The highest BCUT2D eigenvalue weighted by atomic mass is 32.1. The molecule has 0 spiro atoms. The number of anilines is 1. The minimum absolute atomic E-state index is 0.00237. The van der Waals surface area contributed by atoms with Gasteiger partial charge in [-0.1, -0.05) is 54.6 Å². The molecule has 0 atom stereocenters. The first kappa shape index (κ1) is 25.1. The van der Waals surface area contributed by atoms with Crippen molar-refractivity contribution in [2.45, 2.75) is 0 Å². The second-order valence-corrected chi connectivity index (χ2v) is 9.46. The Bertz CT molecular complexity index is 1780. The molecule has 0 unspecified atom stereocenters. The summed E-state index contributed by atoms with van der Waals surface area (Å²) < 4.78 is 14.0. The summed E-state index contributed by atoms with van der Waals surface area (Å²) in [7, 11) is 1.88. The van der Waals surface area contributed by atoms with Crippen LogP contribution in [0, 0.1) is 0 Å². The fraction of sp³-hybridized carbons (Fsp3) is 0.0312. The molecule has 0 saturated carbocycles. The van der Waals surface area contributed by atoms with Crippen LogP contribution in [0.2, 0.25) is 0 Å². The number of hydrogen-bond acceptors (Lipinski definition) is 5. The summed E-state index contributed by atoms with van der Waals surface area (Å²) in [4.78, 5) is 28.2. The van der Waals surface area contributed by atoms with E-state index >= 15 is 0 Å². The van der Waals surface area contributed by atoms with Gasteiger partial charge in [-0.25, -0.2) is 0 Å². The fourth-order valence-electron chi connectivity index (χ4n) is 4.59. The minimum Gasteiger partial charge on any atom is -0.457 e. The lowest BCUT2D eigenvalue weighted by atomic mass is 10.1. The number of benzene rings is 4. The predicted molar refractivity (Wildman–Crippen MR) is 159 cm³/mol. The molecule has 1 aliphatic rings. The molecule has 1 aromatic heterocycles. The van der Waals surface area contributed by atoms with Gasteiger partial charge >= 0.3 is 0 Å². The maximum atomic E-state index is 13.8. The number of nitrogens with one attached hydrogen (secondary N) is 1. The van der Waals surface area contributed by atoms with Crippen molar-refractivity contribution >= 4 is 51.8 Å². The molecule has 2 amide bonds. The molecule has 5 aromatic rings. The first-order valence-electron chi connectivity index (χ1n) is 12.5. The number of aryl methyl sites for hydroxylation is 1. The number of nitrogens with zero attached hydrogens (tertiary/aromatic N) is 2. The average molecular weight is 546 g/mol. The number of rotatable bonds is 6. The summed E-state index contributed by atoms with van der Waals surface area (Å²) in [6.45, 7) is 0. The molecule has 1 aliphatic heterocycles. The molecular formula is C32H23N3O4S. The Morgan fingerprint density at radius 1 is 0.725 bits per heavy atom. The Kier molecular flexibility index (Phi) is 6.59. The second-order valence-electron chi connectivity index (χ2n) is 9.08. The van der Waals surface area contributed by atoms with Crippen LogP contribution in [0.25, 0.3) is 17.0 Å². The fourth-order valence-corrected chi connectivity index (χ4v) is 4.87. The first-order chi connectivity index (χ1) is 19.5. The summed E-state index contributed by atoms with van der Waals surface area (Å²) in [5.74, 6) is 1.32. The first-order valence-corrected chi connectivity index (χ1v) is 12.9. The topological polar surface area (TPSA) is 72.8 Å². The number of aromatic nitrogens is 1. The molecule has 1 fully saturated rings. The number of para-hydroxylation sites is 3. The van der Waals surface area contributed by atoms with E-state index in [2.05, 4.69) is 5.32 Å². The van der Waals surface area contributed by atoms with E-state index in [-0.39, 0.29) is 10.7 Å². The van der Waals surface area contributed by atoms with E-state index in [1.165, 1.54) is 4.90 Å². The van der Waals surface area contributed by atoms with Crippen LogP contribution in [0.1, 0.15) is 5.56 Å². The molecule has 7 nitrogen and oxygen atoms in total. The smallest absolute Gasteiger partial charge is 0.270 e. The lowest BCUT2D eigenvalue weighted by Gasteiger charge is -2.29. The SMILES string of the molecule is Cn1c(Oc2ccccc2)c(/C=C2/C(=O)NC(=S)N(c3ccc(Oc4ccccc4)cc3)C2=O)c2ccccc21. The standard InChI is InChI=1S/C32H23N3O4S/c1-34-28-15-9-8-14-25(28)26(31(34)39-23-12-6-3-7-13-23)20-27-29(36)33-32(40)35(30(27)37)21-16-18-24(19-17-21)38-22-10-4-2-5-11-22/h2-20H,1H3,(H,33,36,40)/b27-20-. The summed E-state index contributed by atoms with van der Waals surface area (Å²) >= 11 is 5.40. The monoisotopic (exact) mass is 545 g/mol. The maximum Gasteiger partial charge on any atom is 0.270 e. The van der Waals surface area contributed by atoms with Crippen LogP contribution < -0.4 is 19.7 Å². The van der Waals surface area contributed by atoms with Crippen LogP contribution in [0.3, 0.4) is 0 Å². The number of hydrogen-bond donors (Lipinski definition) is 1. The Morgan fingerprint density at radius 3 is 1.98 bits per heavy atom. The highest BCUT2D eigenvalue weighted by Gasteiger charge is 2.35. The van der Waals surface area contributed by atoms with E-state index in [1.807, 2.05) is 96.5 Å². The largest absolute Gasteiger partial charge is 0.457 e.